The standard InChI is InChI=1S/C14H16O7/c15-8-3-1-7(2-4-8)9-5-11(17)21-13(9)14(19)12(18)10(16)6-20-14/h1-4,9-10,12-13,15-16,18-19H,5-6H2. The Morgan fingerprint density at radius 2 is 1.86 bits per heavy atom. The molecule has 0 saturated carbocycles. The second-order valence-electron chi connectivity index (χ2n) is 5.39. The maximum atomic E-state index is 11.6. The Bertz CT molecular complexity index is 543. The number of rotatable bonds is 2. The summed E-state index contributed by atoms with van der Waals surface area (Å²) in [4.78, 5) is 11.6. The first kappa shape index (κ1) is 14.3. The fourth-order valence-electron chi connectivity index (χ4n) is 2.87. The molecule has 2 aliphatic heterocycles. The topological polar surface area (TPSA) is 116 Å². The van der Waals surface area contributed by atoms with E-state index in [2.05, 4.69) is 0 Å². The Balaban J connectivity index is 1.93. The summed E-state index contributed by atoms with van der Waals surface area (Å²) in [5, 5.41) is 39.2. The van der Waals surface area contributed by atoms with Crippen molar-refractivity contribution in [2.75, 3.05) is 6.61 Å². The SMILES string of the molecule is O=C1CC(c2ccc(O)cc2)C(C2(O)OCC(O)C2O)O1. The van der Waals surface area contributed by atoms with Crippen LogP contribution in [0.5, 0.6) is 5.75 Å². The number of carbonyl (C=O) groups is 1. The summed E-state index contributed by atoms with van der Waals surface area (Å²) in [6.07, 6.45) is -3.91. The number of ether oxygens (including phenoxy) is 2. The quantitative estimate of drug-likeness (QED) is 0.530. The number of cyclic esters (lactones) is 1. The van der Waals surface area contributed by atoms with E-state index in [1.54, 1.807) is 12.1 Å². The normalized spacial score (nSPS) is 39.5. The maximum absolute atomic E-state index is 11.6. The number of phenols is 1. The van der Waals surface area contributed by atoms with Gasteiger partial charge in [0.1, 0.15) is 18.0 Å². The van der Waals surface area contributed by atoms with Crippen molar-refractivity contribution in [1.82, 2.24) is 0 Å². The highest BCUT2D eigenvalue weighted by atomic mass is 16.7. The number of benzene rings is 1. The number of aliphatic hydroxyl groups is 3. The van der Waals surface area contributed by atoms with E-state index < -0.39 is 36.0 Å². The second kappa shape index (κ2) is 4.96. The van der Waals surface area contributed by atoms with Gasteiger partial charge < -0.3 is 29.9 Å². The lowest BCUT2D eigenvalue weighted by atomic mass is 9.86. The summed E-state index contributed by atoms with van der Waals surface area (Å²) in [5.41, 5.74) is 0.661. The number of hydrogen-bond acceptors (Lipinski definition) is 7. The van der Waals surface area contributed by atoms with Crippen molar-refractivity contribution < 1.29 is 34.7 Å². The van der Waals surface area contributed by atoms with Gasteiger partial charge in [0.15, 0.2) is 6.10 Å². The van der Waals surface area contributed by atoms with Crippen molar-refractivity contribution in [3.8, 4) is 5.75 Å². The van der Waals surface area contributed by atoms with E-state index in [1.807, 2.05) is 0 Å². The van der Waals surface area contributed by atoms with Crippen LogP contribution in [0, 0.1) is 0 Å². The molecule has 7 heteroatoms. The van der Waals surface area contributed by atoms with E-state index in [1.165, 1.54) is 12.1 Å². The Labute approximate surface area is 120 Å². The molecular formula is C14H16O7. The van der Waals surface area contributed by atoms with Crippen LogP contribution in [0.25, 0.3) is 0 Å². The number of aromatic hydroxyl groups is 1. The fourth-order valence-corrected chi connectivity index (χ4v) is 2.87. The number of esters is 1. The van der Waals surface area contributed by atoms with Gasteiger partial charge in [-0.1, -0.05) is 12.1 Å². The summed E-state index contributed by atoms with van der Waals surface area (Å²) in [5.74, 6) is -3.13. The molecule has 2 saturated heterocycles. The van der Waals surface area contributed by atoms with Gasteiger partial charge in [-0.3, -0.25) is 4.79 Å². The zero-order chi connectivity index (χ0) is 15.2. The van der Waals surface area contributed by atoms with Crippen LogP contribution >= 0.6 is 0 Å². The van der Waals surface area contributed by atoms with Crippen molar-refractivity contribution in [2.45, 2.75) is 36.4 Å². The smallest absolute Gasteiger partial charge is 0.307 e. The minimum absolute atomic E-state index is 0.0178. The summed E-state index contributed by atoms with van der Waals surface area (Å²) in [7, 11) is 0. The van der Waals surface area contributed by atoms with Gasteiger partial charge >= 0.3 is 5.97 Å². The van der Waals surface area contributed by atoms with Crippen LogP contribution < -0.4 is 0 Å². The molecule has 0 amide bonds. The lowest BCUT2D eigenvalue weighted by Crippen LogP contribution is -2.54. The van der Waals surface area contributed by atoms with Gasteiger partial charge in [0.25, 0.3) is 0 Å². The molecule has 0 spiro atoms. The summed E-state index contributed by atoms with van der Waals surface area (Å²) in [6, 6.07) is 6.13. The highest BCUT2D eigenvalue weighted by Gasteiger charge is 2.59. The van der Waals surface area contributed by atoms with Gasteiger partial charge in [0.2, 0.25) is 5.79 Å². The summed E-state index contributed by atoms with van der Waals surface area (Å²) < 4.78 is 10.2. The van der Waals surface area contributed by atoms with Gasteiger partial charge in [-0.15, -0.1) is 0 Å². The predicted octanol–water partition coefficient (Wildman–Crippen LogP) is -0.768. The van der Waals surface area contributed by atoms with Crippen molar-refractivity contribution in [2.24, 2.45) is 0 Å². The average molecular weight is 296 g/mol. The van der Waals surface area contributed by atoms with E-state index in [0.717, 1.165) is 0 Å². The third kappa shape index (κ3) is 2.28. The first-order valence-corrected chi connectivity index (χ1v) is 6.62. The number of aliphatic hydroxyl groups excluding tert-OH is 2. The molecule has 21 heavy (non-hydrogen) atoms. The lowest BCUT2D eigenvalue weighted by molar-refractivity contribution is -0.267. The molecule has 2 aliphatic rings. The molecule has 2 heterocycles. The third-order valence-corrected chi connectivity index (χ3v) is 4.01. The summed E-state index contributed by atoms with van der Waals surface area (Å²) in [6.45, 7) is -0.242. The molecule has 3 rings (SSSR count). The first-order valence-electron chi connectivity index (χ1n) is 6.62. The molecular weight excluding hydrogens is 280 g/mol. The van der Waals surface area contributed by atoms with Gasteiger partial charge in [0.05, 0.1) is 13.0 Å². The van der Waals surface area contributed by atoms with Gasteiger partial charge in [-0.05, 0) is 17.7 Å². The Hall–Kier alpha value is -1.67. The van der Waals surface area contributed by atoms with E-state index >= 15 is 0 Å². The van der Waals surface area contributed by atoms with Crippen LogP contribution in [0.15, 0.2) is 24.3 Å². The van der Waals surface area contributed by atoms with Gasteiger partial charge in [0, 0.05) is 5.92 Å². The van der Waals surface area contributed by atoms with Crippen LogP contribution in [0.2, 0.25) is 0 Å². The van der Waals surface area contributed by atoms with E-state index in [-0.39, 0.29) is 18.8 Å². The monoisotopic (exact) mass is 296 g/mol. The Morgan fingerprint density at radius 1 is 1.19 bits per heavy atom. The van der Waals surface area contributed by atoms with Crippen LogP contribution in [0.4, 0.5) is 0 Å². The lowest BCUT2D eigenvalue weighted by Gasteiger charge is -2.33. The fraction of sp³-hybridized carbons (Fsp3) is 0.500. The summed E-state index contributed by atoms with van der Waals surface area (Å²) >= 11 is 0. The van der Waals surface area contributed by atoms with Gasteiger partial charge in [-0.25, -0.2) is 0 Å². The van der Waals surface area contributed by atoms with E-state index in [9.17, 15) is 25.2 Å². The molecule has 5 atom stereocenters. The van der Waals surface area contributed by atoms with E-state index in [4.69, 9.17) is 9.47 Å². The molecule has 7 nitrogen and oxygen atoms in total. The molecule has 0 aliphatic carbocycles. The Kier molecular flexibility index (Phi) is 3.37. The molecule has 0 bridgehead atoms. The van der Waals surface area contributed by atoms with Crippen molar-refractivity contribution in [3.05, 3.63) is 29.8 Å². The zero-order valence-electron chi connectivity index (χ0n) is 11.0. The second-order valence-corrected chi connectivity index (χ2v) is 5.39. The van der Waals surface area contributed by atoms with Gasteiger partial charge in [-0.2, -0.15) is 0 Å². The molecule has 5 unspecified atom stereocenters. The largest absolute Gasteiger partial charge is 0.508 e. The molecule has 114 valence electrons. The minimum atomic E-state index is -2.14. The first-order chi connectivity index (χ1) is 9.91. The highest BCUT2D eigenvalue weighted by Crippen LogP contribution is 2.42. The third-order valence-electron chi connectivity index (χ3n) is 4.01. The minimum Gasteiger partial charge on any atom is -0.508 e. The van der Waals surface area contributed by atoms with Crippen LogP contribution in [0.3, 0.4) is 0 Å². The zero-order valence-corrected chi connectivity index (χ0v) is 11.0. The molecule has 0 radical (unpaired) electrons. The molecule has 1 aromatic carbocycles. The average Bonchev–Trinajstić information content (AvgIpc) is 2.97. The Morgan fingerprint density at radius 3 is 2.43 bits per heavy atom. The number of phenolic OH excluding ortho intramolecular Hbond substituents is 1. The number of carbonyl (C=O) groups excluding carboxylic acids is 1. The van der Waals surface area contributed by atoms with Crippen molar-refractivity contribution in [3.63, 3.8) is 0 Å². The molecule has 4 N–H and O–H groups in total. The molecule has 1 aromatic rings. The maximum Gasteiger partial charge on any atom is 0.307 e. The van der Waals surface area contributed by atoms with Crippen LogP contribution in [-0.2, 0) is 14.3 Å². The van der Waals surface area contributed by atoms with Crippen LogP contribution in [-0.4, -0.2) is 57.1 Å². The van der Waals surface area contributed by atoms with Crippen molar-refractivity contribution >= 4 is 5.97 Å². The number of hydrogen-bond donors (Lipinski definition) is 4. The van der Waals surface area contributed by atoms with Crippen LogP contribution in [0.1, 0.15) is 17.9 Å². The highest BCUT2D eigenvalue weighted by molar-refractivity contribution is 5.73. The molecule has 2 fully saturated rings. The predicted molar refractivity (Wildman–Crippen MR) is 68.3 cm³/mol. The van der Waals surface area contributed by atoms with Crippen molar-refractivity contribution in [1.29, 1.82) is 0 Å². The van der Waals surface area contributed by atoms with E-state index in [0.29, 0.717) is 5.56 Å². The molecule has 0 aromatic heterocycles.